The lowest BCUT2D eigenvalue weighted by Crippen LogP contribution is -2.35. The molecule has 7 heteroatoms. The molecule has 0 atom stereocenters. The average Bonchev–Trinajstić information content (AvgIpc) is 3.07. The summed E-state index contributed by atoms with van der Waals surface area (Å²) >= 11 is 0. The lowest BCUT2D eigenvalue weighted by Gasteiger charge is -2.27. The molecule has 1 aliphatic heterocycles. The van der Waals surface area contributed by atoms with Crippen LogP contribution in [0.4, 0.5) is 0 Å². The van der Waals surface area contributed by atoms with Crippen molar-refractivity contribution in [2.45, 2.75) is 39.9 Å². The van der Waals surface area contributed by atoms with Gasteiger partial charge >= 0.3 is 0 Å². The Balaban J connectivity index is 1.38. The van der Waals surface area contributed by atoms with E-state index in [0.29, 0.717) is 18.8 Å². The van der Waals surface area contributed by atoms with Gasteiger partial charge in [0, 0.05) is 54.4 Å². The molecule has 4 aromatic rings. The van der Waals surface area contributed by atoms with Crippen LogP contribution in [0.15, 0.2) is 59.7 Å². The predicted octanol–water partition coefficient (Wildman–Crippen LogP) is 3.25. The fourth-order valence-electron chi connectivity index (χ4n) is 4.37. The van der Waals surface area contributed by atoms with E-state index in [4.69, 9.17) is 10.1 Å². The quantitative estimate of drug-likeness (QED) is 0.530. The van der Waals surface area contributed by atoms with E-state index in [9.17, 15) is 4.79 Å². The van der Waals surface area contributed by atoms with E-state index >= 15 is 0 Å². The molecular formula is C25H26N6O. The molecule has 1 N–H and O–H groups in total. The molecule has 1 aliphatic rings. The molecule has 162 valence electrons. The summed E-state index contributed by atoms with van der Waals surface area (Å²) in [4.78, 5) is 26.8. The summed E-state index contributed by atoms with van der Waals surface area (Å²) in [5.74, 6) is 0.598. The zero-order valence-electron chi connectivity index (χ0n) is 18.4. The molecule has 0 amide bonds. The first-order valence-corrected chi connectivity index (χ1v) is 10.9. The van der Waals surface area contributed by atoms with Crippen LogP contribution < -0.4 is 5.56 Å². The topological polar surface area (TPSA) is 79.7 Å². The molecule has 0 aliphatic carbocycles. The Bertz CT molecular complexity index is 1290. The highest BCUT2D eigenvalue weighted by molar-refractivity contribution is 5.54. The van der Waals surface area contributed by atoms with E-state index in [1.807, 2.05) is 18.2 Å². The standard InChI is InChI=1S/C25H26N6O/c1-17-22(18(2)31(29-17)14-19-6-4-3-5-7-19)15-30-13-10-21-23(16-30)27-24(28-25(21)32)20-8-11-26-12-9-20/h3-9,11-12H,10,13-16H2,1-2H3,(H,27,28,32). The summed E-state index contributed by atoms with van der Waals surface area (Å²) in [5, 5.41) is 4.80. The molecule has 3 aromatic heterocycles. The van der Waals surface area contributed by atoms with Crippen molar-refractivity contribution in [1.82, 2.24) is 29.6 Å². The van der Waals surface area contributed by atoms with Gasteiger partial charge in [-0.2, -0.15) is 5.10 Å². The van der Waals surface area contributed by atoms with E-state index in [2.05, 4.69) is 57.7 Å². The van der Waals surface area contributed by atoms with Gasteiger partial charge in [0.05, 0.1) is 17.9 Å². The van der Waals surface area contributed by atoms with E-state index in [1.165, 1.54) is 16.8 Å². The minimum Gasteiger partial charge on any atom is -0.306 e. The molecule has 0 saturated heterocycles. The average molecular weight is 427 g/mol. The van der Waals surface area contributed by atoms with Crippen molar-refractivity contribution in [1.29, 1.82) is 0 Å². The molecule has 0 bridgehead atoms. The normalized spacial score (nSPS) is 13.8. The van der Waals surface area contributed by atoms with Crippen molar-refractivity contribution in [2.75, 3.05) is 6.54 Å². The Morgan fingerprint density at radius 1 is 1.03 bits per heavy atom. The Morgan fingerprint density at radius 3 is 2.59 bits per heavy atom. The molecule has 7 nitrogen and oxygen atoms in total. The van der Waals surface area contributed by atoms with E-state index in [-0.39, 0.29) is 5.56 Å². The fraction of sp³-hybridized carbons (Fsp3) is 0.280. The van der Waals surface area contributed by atoms with E-state index in [1.54, 1.807) is 12.4 Å². The zero-order chi connectivity index (χ0) is 22.1. The lowest BCUT2D eigenvalue weighted by molar-refractivity contribution is 0.239. The monoisotopic (exact) mass is 426 g/mol. The number of aromatic amines is 1. The van der Waals surface area contributed by atoms with Gasteiger partial charge < -0.3 is 4.98 Å². The SMILES string of the molecule is Cc1nn(Cc2ccccc2)c(C)c1CN1CCc2c(nc(-c3ccncc3)[nH]c2=O)C1. The summed E-state index contributed by atoms with van der Waals surface area (Å²) in [6, 6.07) is 14.1. The molecule has 5 rings (SSSR count). The highest BCUT2D eigenvalue weighted by Crippen LogP contribution is 2.22. The molecular weight excluding hydrogens is 400 g/mol. The third kappa shape index (κ3) is 3.99. The summed E-state index contributed by atoms with van der Waals surface area (Å²) < 4.78 is 2.09. The van der Waals surface area contributed by atoms with Gasteiger partial charge in [-0.1, -0.05) is 30.3 Å². The third-order valence-electron chi connectivity index (χ3n) is 6.19. The molecule has 0 saturated carbocycles. The number of hydrogen-bond acceptors (Lipinski definition) is 5. The summed E-state index contributed by atoms with van der Waals surface area (Å²) in [6.07, 6.45) is 4.12. The number of H-pyrrole nitrogens is 1. The fourth-order valence-corrected chi connectivity index (χ4v) is 4.37. The molecule has 4 heterocycles. The van der Waals surface area contributed by atoms with Gasteiger partial charge in [0.2, 0.25) is 0 Å². The van der Waals surface area contributed by atoms with Gasteiger partial charge in [0.1, 0.15) is 5.82 Å². The first kappa shape index (κ1) is 20.3. The van der Waals surface area contributed by atoms with Crippen LogP contribution in [-0.2, 0) is 26.1 Å². The molecule has 32 heavy (non-hydrogen) atoms. The second-order valence-corrected chi connectivity index (χ2v) is 8.33. The molecule has 0 radical (unpaired) electrons. The number of hydrogen-bond donors (Lipinski definition) is 1. The van der Waals surface area contributed by atoms with Gasteiger partial charge in [0.15, 0.2) is 0 Å². The van der Waals surface area contributed by atoms with Crippen molar-refractivity contribution in [3.63, 3.8) is 0 Å². The van der Waals surface area contributed by atoms with Gasteiger partial charge in [-0.3, -0.25) is 19.4 Å². The van der Waals surface area contributed by atoms with Crippen LogP contribution in [-0.4, -0.2) is 36.2 Å². The van der Waals surface area contributed by atoms with Crippen LogP contribution in [0.25, 0.3) is 11.4 Å². The van der Waals surface area contributed by atoms with Crippen molar-refractivity contribution in [3.8, 4) is 11.4 Å². The molecule has 1 aromatic carbocycles. The van der Waals surface area contributed by atoms with Crippen LogP contribution in [0.5, 0.6) is 0 Å². The molecule has 0 spiro atoms. The van der Waals surface area contributed by atoms with Crippen LogP contribution in [0, 0.1) is 13.8 Å². The number of pyridine rings is 1. The summed E-state index contributed by atoms with van der Waals surface area (Å²) in [6.45, 7) is 7.26. The minimum atomic E-state index is -0.0375. The molecule has 0 unspecified atom stereocenters. The van der Waals surface area contributed by atoms with Crippen molar-refractivity contribution in [2.24, 2.45) is 0 Å². The van der Waals surface area contributed by atoms with Crippen molar-refractivity contribution in [3.05, 3.63) is 99.0 Å². The van der Waals surface area contributed by atoms with Crippen LogP contribution in [0.1, 0.15) is 33.8 Å². The van der Waals surface area contributed by atoms with Crippen LogP contribution in [0.3, 0.4) is 0 Å². The Hall–Kier alpha value is -3.58. The first-order valence-electron chi connectivity index (χ1n) is 10.9. The number of nitrogens with one attached hydrogen (secondary N) is 1. The predicted molar refractivity (Wildman–Crippen MR) is 123 cm³/mol. The smallest absolute Gasteiger partial charge is 0.254 e. The van der Waals surface area contributed by atoms with Crippen molar-refractivity contribution < 1.29 is 0 Å². The second kappa shape index (κ2) is 8.51. The Kier molecular flexibility index (Phi) is 5.41. The number of rotatable bonds is 5. The second-order valence-electron chi connectivity index (χ2n) is 8.33. The summed E-state index contributed by atoms with van der Waals surface area (Å²) in [7, 11) is 0. The summed E-state index contributed by atoms with van der Waals surface area (Å²) in [5.41, 5.74) is 7.22. The lowest BCUT2D eigenvalue weighted by atomic mass is 10.0. The van der Waals surface area contributed by atoms with Crippen LogP contribution >= 0.6 is 0 Å². The van der Waals surface area contributed by atoms with Gasteiger partial charge in [-0.25, -0.2) is 4.98 Å². The van der Waals surface area contributed by atoms with Gasteiger partial charge in [-0.05, 0) is 38.0 Å². The van der Waals surface area contributed by atoms with Gasteiger partial charge in [0.25, 0.3) is 5.56 Å². The van der Waals surface area contributed by atoms with E-state index in [0.717, 1.165) is 42.1 Å². The maximum absolute atomic E-state index is 12.7. The zero-order valence-corrected chi connectivity index (χ0v) is 18.4. The Labute approximate surface area is 186 Å². The van der Waals surface area contributed by atoms with Crippen LogP contribution in [0.2, 0.25) is 0 Å². The van der Waals surface area contributed by atoms with Gasteiger partial charge in [-0.15, -0.1) is 0 Å². The Morgan fingerprint density at radius 2 is 1.81 bits per heavy atom. The van der Waals surface area contributed by atoms with Crippen molar-refractivity contribution >= 4 is 0 Å². The minimum absolute atomic E-state index is 0.0375. The maximum Gasteiger partial charge on any atom is 0.254 e. The molecule has 0 fully saturated rings. The number of aryl methyl sites for hydroxylation is 1. The number of fused-ring (bicyclic) bond motifs is 1. The van der Waals surface area contributed by atoms with E-state index < -0.39 is 0 Å². The third-order valence-corrected chi connectivity index (χ3v) is 6.19. The largest absolute Gasteiger partial charge is 0.306 e. The highest BCUT2D eigenvalue weighted by atomic mass is 16.1. The first-order chi connectivity index (χ1) is 15.6. The number of aromatic nitrogens is 5. The number of benzene rings is 1. The number of nitrogens with zero attached hydrogens (tertiary/aromatic N) is 5. The highest BCUT2D eigenvalue weighted by Gasteiger charge is 2.23. The maximum atomic E-state index is 12.7.